The first kappa shape index (κ1) is 7.03. The highest BCUT2D eigenvalue weighted by atomic mass is 16.1. The van der Waals surface area contributed by atoms with Gasteiger partial charge in [-0.05, 0) is 43.9 Å². The molecule has 0 aromatic rings. The van der Waals surface area contributed by atoms with Crippen molar-refractivity contribution in [2.45, 2.75) is 51.3 Å². The summed E-state index contributed by atoms with van der Waals surface area (Å²) in [7, 11) is 0. The molecule has 1 nitrogen and oxygen atoms in total. The van der Waals surface area contributed by atoms with E-state index in [4.69, 9.17) is 1.37 Å². The number of ketones is 1. The number of rotatable bonds is 0. The highest BCUT2D eigenvalue weighted by Crippen LogP contribution is 2.60. The zero-order chi connectivity index (χ0) is 9.76. The van der Waals surface area contributed by atoms with Crippen molar-refractivity contribution >= 4 is 5.78 Å². The van der Waals surface area contributed by atoms with Gasteiger partial charge in [-0.1, -0.05) is 12.8 Å². The molecule has 0 aromatic carbocycles. The van der Waals surface area contributed by atoms with E-state index in [1.54, 1.807) is 0 Å². The molecule has 3 rings (SSSR count). The first-order chi connectivity index (χ1) is 6.73. The van der Waals surface area contributed by atoms with Crippen molar-refractivity contribution in [3.8, 4) is 0 Å². The van der Waals surface area contributed by atoms with Gasteiger partial charge in [0, 0.05) is 13.2 Å². The Morgan fingerprint density at radius 3 is 2.92 bits per heavy atom. The first-order valence-corrected chi connectivity index (χ1v) is 5.69. The lowest BCUT2D eigenvalue weighted by atomic mass is 9.64. The van der Waals surface area contributed by atoms with Crippen molar-refractivity contribution in [1.82, 2.24) is 0 Å². The van der Waals surface area contributed by atoms with Gasteiger partial charge >= 0.3 is 0 Å². The molecule has 0 aromatic heterocycles. The largest absolute Gasteiger partial charge is 0.299 e. The second-order valence-corrected chi connectivity index (χ2v) is 5.14. The van der Waals surface area contributed by atoms with Crippen LogP contribution in [0.4, 0.5) is 0 Å². The summed E-state index contributed by atoms with van der Waals surface area (Å²) in [5.74, 6) is 1.81. The van der Waals surface area contributed by atoms with Crippen molar-refractivity contribution in [3.63, 3.8) is 0 Å². The van der Waals surface area contributed by atoms with Gasteiger partial charge in [-0.15, -0.1) is 0 Å². The molecule has 13 heavy (non-hydrogen) atoms. The predicted octanol–water partition coefficient (Wildman–Crippen LogP) is 2.94. The molecule has 2 bridgehead atoms. The predicted molar refractivity (Wildman–Crippen MR) is 51.4 cm³/mol. The van der Waals surface area contributed by atoms with Gasteiger partial charge in [0.1, 0.15) is 5.78 Å². The summed E-state index contributed by atoms with van der Waals surface area (Å²) in [6.45, 7) is 0. The monoisotopic (exact) mass is 179 g/mol. The van der Waals surface area contributed by atoms with Crippen LogP contribution in [0.15, 0.2) is 0 Å². The zero-order valence-corrected chi connectivity index (χ0v) is 8.09. The van der Waals surface area contributed by atoms with Gasteiger partial charge in [-0.25, -0.2) is 0 Å². The normalized spacial score (nSPS) is 55.8. The van der Waals surface area contributed by atoms with Crippen molar-refractivity contribution in [2.24, 2.45) is 17.3 Å². The molecule has 0 amide bonds. The Kier molecular flexibility index (Phi) is 1.40. The Morgan fingerprint density at radius 2 is 2.31 bits per heavy atom. The maximum Gasteiger partial charge on any atom is 0.139 e. The molecule has 1 spiro atoms. The molecule has 3 aliphatic rings. The van der Waals surface area contributed by atoms with Crippen LogP contribution in [-0.4, -0.2) is 5.78 Å². The molecule has 0 saturated heterocycles. The van der Waals surface area contributed by atoms with E-state index in [0.29, 0.717) is 11.7 Å². The molecule has 3 saturated carbocycles. The molecule has 72 valence electrons. The quantitative estimate of drug-likeness (QED) is 0.558. The number of carbonyl (C=O) groups excluding carboxylic acids is 1. The second kappa shape index (κ2) is 2.59. The lowest BCUT2D eigenvalue weighted by Crippen LogP contribution is -2.38. The number of Topliss-reactive ketones (excluding diaryl/α,β-unsaturated/α-hetero) is 1. The number of hydrogen-bond donors (Lipinski definition) is 0. The number of hydrogen-bond acceptors (Lipinski definition) is 1. The van der Waals surface area contributed by atoms with Gasteiger partial charge in [0.25, 0.3) is 0 Å². The van der Waals surface area contributed by atoms with E-state index in [-0.39, 0.29) is 11.8 Å². The fourth-order valence-electron chi connectivity index (χ4n) is 3.93. The van der Waals surface area contributed by atoms with Crippen LogP contribution in [0.3, 0.4) is 0 Å². The maximum atomic E-state index is 12.1. The minimum Gasteiger partial charge on any atom is -0.299 e. The summed E-state index contributed by atoms with van der Waals surface area (Å²) >= 11 is 0. The van der Waals surface area contributed by atoms with Gasteiger partial charge < -0.3 is 0 Å². The Balaban J connectivity index is 1.96. The molecule has 4 unspecified atom stereocenters. The molecule has 4 atom stereocenters. The Hall–Kier alpha value is -0.330. The number of fused-ring (bicyclic) bond motifs is 3. The third kappa shape index (κ3) is 0.963. The first-order valence-electron chi connectivity index (χ1n) is 6.27. The van der Waals surface area contributed by atoms with E-state index in [1.807, 2.05) is 0 Å². The number of carbonyl (C=O) groups is 1. The van der Waals surface area contributed by atoms with Crippen LogP contribution >= 0.6 is 0 Å². The summed E-state index contributed by atoms with van der Waals surface area (Å²) in [5.41, 5.74) is -0.166. The van der Waals surface area contributed by atoms with Crippen LogP contribution in [0.2, 0.25) is 0 Å². The topological polar surface area (TPSA) is 17.1 Å². The van der Waals surface area contributed by atoms with Crippen molar-refractivity contribution in [3.05, 3.63) is 0 Å². The van der Waals surface area contributed by atoms with Crippen molar-refractivity contribution < 1.29 is 6.17 Å². The lowest BCUT2D eigenvalue weighted by Gasteiger charge is -2.39. The van der Waals surface area contributed by atoms with Crippen LogP contribution in [0.1, 0.15) is 52.7 Å². The molecule has 0 heterocycles. The SMILES string of the molecule is [2H]C1CCCC(=O)C12CC1CCC2C1. The van der Waals surface area contributed by atoms with Crippen LogP contribution in [0.5, 0.6) is 0 Å². The van der Waals surface area contributed by atoms with Crippen LogP contribution in [-0.2, 0) is 4.79 Å². The Bertz CT molecular complexity index is 275. The summed E-state index contributed by atoms with van der Waals surface area (Å²) < 4.78 is 8.18. The molecular weight excluding hydrogens is 160 g/mol. The summed E-state index contributed by atoms with van der Waals surface area (Å²) in [4.78, 5) is 12.1. The van der Waals surface area contributed by atoms with Crippen LogP contribution in [0.25, 0.3) is 0 Å². The smallest absolute Gasteiger partial charge is 0.139 e. The van der Waals surface area contributed by atoms with Gasteiger partial charge in [0.05, 0.1) is 0 Å². The fourth-order valence-corrected chi connectivity index (χ4v) is 3.93. The molecule has 0 radical (unpaired) electrons. The van der Waals surface area contributed by atoms with Gasteiger partial charge in [-0.2, -0.15) is 0 Å². The highest BCUT2D eigenvalue weighted by molar-refractivity contribution is 5.86. The summed E-state index contributed by atoms with van der Waals surface area (Å²) in [6, 6.07) is 0. The Morgan fingerprint density at radius 1 is 1.38 bits per heavy atom. The highest BCUT2D eigenvalue weighted by Gasteiger charge is 2.54. The lowest BCUT2D eigenvalue weighted by molar-refractivity contribution is -0.134. The van der Waals surface area contributed by atoms with E-state index in [1.165, 1.54) is 19.3 Å². The standard InChI is InChI=1S/C12H18O/c13-11-3-1-2-6-12(11)8-9-4-5-10(12)7-9/h9-10H,1-8H2/i6D. The maximum absolute atomic E-state index is 12.1. The van der Waals surface area contributed by atoms with Crippen molar-refractivity contribution in [1.29, 1.82) is 0 Å². The second-order valence-electron chi connectivity index (χ2n) is 5.14. The summed E-state index contributed by atoms with van der Waals surface area (Å²) in [5, 5.41) is 0. The molecule has 3 fully saturated rings. The molecular formula is C12H18O. The average molecular weight is 179 g/mol. The zero-order valence-electron chi connectivity index (χ0n) is 9.09. The van der Waals surface area contributed by atoms with Gasteiger partial charge in [-0.3, -0.25) is 4.79 Å². The molecule has 0 N–H and O–H groups in total. The molecule has 0 aliphatic heterocycles. The van der Waals surface area contributed by atoms with E-state index in [0.717, 1.165) is 31.6 Å². The van der Waals surface area contributed by atoms with Crippen LogP contribution < -0.4 is 0 Å². The van der Waals surface area contributed by atoms with Crippen LogP contribution in [0, 0.1) is 17.3 Å². The van der Waals surface area contributed by atoms with E-state index in [9.17, 15) is 4.79 Å². The third-order valence-electron chi connectivity index (χ3n) is 4.53. The van der Waals surface area contributed by atoms with E-state index >= 15 is 0 Å². The van der Waals surface area contributed by atoms with E-state index in [2.05, 4.69) is 0 Å². The minimum atomic E-state index is -0.166. The van der Waals surface area contributed by atoms with E-state index < -0.39 is 0 Å². The summed E-state index contributed by atoms with van der Waals surface area (Å²) in [6.07, 6.45) is 7.49. The molecule has 3 aliphatic carbocycles. The van der Waals surface area contributed by atoms with Gasteiger partial charge in [0.2, 0.25) is 0 Å². The van der Waals surface area contributed by atoms with Gasteiger partial charge in [0.15, 0.2) is 0 Å². The van der Waals surface area contributed by atoms with Crippen molar-refractivity contribution in [2.75, 3.05) is 0 Å². The minimum absolute atomic E-state index is 0.0703. The average Bonchev–Trinajstić information content (AvgIpc) is 2.74. The molecule has 1 heteroatoms. The third-order valence-corrected chi connectivity index (χ3v) is 4.53. The Labute approximate surface area is 81.3 Å². The fraction of sp³-hybridized carbons (Fsp3) is 0.917.